The summed E-state index contributed by atoms with van der Waals surface area (Å²) in [5.74, 6) is 1.25. The van der Waals surface area contributed by atoms with Crippen molar-refractivity contribution >= 4 is 29.1 Å². The number of para-hydroxylation sites is 1. The van der Waals surface area contributed by atoms with Crippen molar-refractivity contribution in [2.24, 2.45) is 5.92 Å². The summed E-state index contributed by atoms with van der Waals surface area (Å²) in [6.07, 6.45) is 7.47. The molecule has 0 saturated carbocycles. The molecule has 4 aromatic rings. The van der Waals surface area contributed by atoms with Crippen LogP contribution in [0.1, 0.15) is 47.6 Å². The van der Waals surface area contributed by atoms with Gasteiger partial charge in [0.25, 0.3) is 5.89 Å². The van der Waals surface area contributed by atoms with Crippen molar-refractivity contribution in [3.63, 3.8) is 0 Å². The minimum Gasteiger partial charge on any atom is -0.454 e. The van der Waals surface area contributed by atoms with E-state index in [-0.39, 0.29) is 12.1 Å². The van der Waals surface area contributed by atoms with Crippen LogP contribution in [-0.2, 0) is 16.1 Å². The van der Waals surface area contributed by atoms with E-state index in [1.54, 1.807) is 17.4 Å². The Bertz CT molecular complexity index is 1460. The second-order valence-corrected chi connectivity index (χ2v) is 11.5. The zero-order valence-electron chi connectivity index (χ0n) is 23.6. The Kier molecular flexibility index (Phi) is 9.44. The van der Waals surface area contributed by atoms with Gasteiger partial charge in [-0.25, -0.2) is 4.79 Å². The van der Waals surface area contributed by atoms with E-state index in [1.807, 2.05) is 72.8 Å². The Morgan fingerprint density at radius 3 is 2.71 bits per heavy atom. The van der Waals surface area contributed by atoms with E-state index in [2.05, 4.69) is 37.0 Å². The monoisotopic (exact) mass is 569 g/mol. The number of nitrogens with one attached hydrogen (secondary N) is 2. The lowest BCUT2D eigenvalue weighted by Gasteiger charge is -2.35. The summed E-state index contributed by atoms with van der Waals surface area (Å²) in [5, 5.41) is 7.66. The number of nitrogens with zero attached hydrogens (tertiary/aromatic N) is 2. The molecule has 2 N–H and O–H groups in total. The molecule has 0 aliphatic carbocycles. The molecule has 0 spiro atoms. The fraction of sp³-hybridized carbons (Fsp3) is 0.303. The van der Waals surface area contributed by atoms with Gasteiger partial charge in [0.05, 0.1) is 11.4 Å². The average molecular weight is 570 g/mol. The number of carbonyl (C=O) groups is 1. The third kappa shape index (κ3) is 7.20. The number of esters is 1. The van der Waals surface area contributed by atoms with Gasteiger partial charge in [-0.3, -0.25) is 0 Å². The molecule has 1 aliphatic heterocycles. The number of aryl methyl sites for hydroxylation is 1. The van der Waals surface area contributed by atoms with Crippen LogP contribution in [0.5, 0.6) is 0 Å². The molecule has 1 fully saturated rings. The summed E-state index contributed by atoms with van der Waals surface area (Å²) in [6, 6.07) is 21.0. The lowest BCUT2D eigenvalue weighted by Crippen LogP contribution is -3.13. The predicted octanol–water partition coefficient (Wildman–Crippen LogP) is 5.89. The quantitative estimate of drug-likeness (QED) is 0.173. The van der Waals surface area contributed by atoms with Crippen LogP contribution in [0, 0.1) is 12.8 Å². The maximum atomic E-state index is 13.7. The molecule has 2 aromatic heterocycles. The molecule has 1 saturated heterocycles. The lowest BCUT2D eigenvalue weighted by molar-refractivity contribution is -0.923. The highest BCUT2D eigenvalue weighted by Crippen LogP contribution is 2.31. The third-order valence-corrected chi connectivity index (χ3v) is 8.75. The van der Waals surface area contributed by atoms with Crippen molar-refractivity contribution in [1.82, 2.24) is 10.1 Å². The highest BCUT2D eigenvalue weighted by molar-refractivity contribution is 7.16. The molecule has 8 heteroatoms. The Labute approximate surface area is 245 Å². The first-order valence-corrected chi connectivity index (χ1v) is 15.0. The van der Waals surface area contributed by atoms with Gasteiger partial charge in [-0.1, -0.05) is 79.3 Å². The third-order valence-electron chi connectivity index (χ3n) is 7.56. The van der Waals surface area contributed by atoms with Gasteiger partial charge in [0.15, 0.2) is 12.1 Å². The van der Waals surface area contributed by atoms with E-state index in [4.69, 9.17) is 14.2 Å². The fourth-order valence-electron chi connectivity index (χ4n) is 5.31. The van der Waals surface area contributed by atoms with Crippen LogP contribution < -0.4 is 10.2 Å². The second-order valence-electron chi connectivity index (χ2n) is 10.4. The van der Waals surface area contributed by atoms with E-state index in [1.165, 1.54) is 4.90 Å². The van der Waals surface area contributed by atoms with Crippen LogP contribution in [0.3, 0.4) is 0 Å². The van der Waals surface area contributed by atoms with Gasteiger partial charge in [-0.05, 0) is 48.7 Å². The predicted molar refractivity (Wildman–Crippen MR) is 164 cm³/mol. The van der Waals surface area contributed by atoms with Crippen molar-refractivity contribution in [2.75, 3.05) is 18.4 Å². The molecule has 0 bridgehead atoms. The number of anilines is 1. The second kappa shape index (κ2) is 13.6. The number of likely N-dealkylation sites (tertiary alicyclic amines) is 1. The van der Waals surface area contributed by atoms with Crippen molar-refractivity contribution in [1.29, 1.82) is 0 Å². The number of carbonyl (C=O) groups excluding carboxylic acids is 1. The van der Waals surface area contributed by atoms with Crippen LogP contribution in [0.15, 0.2) is 90.0 Å². The minimum absolute atomic E-state index is 0.189. The highest BCUT2D eigenvalue weighted by Gasteiger charge is 2.36. The molecule has 3 heterocycles. The minimum atomic E-state index is -0.596. The Morgan fingerprint density at radius 2 is 1.98 bits per heavy atom. The largest absolute Gasteiger partial charge is 0.454 e. The van der Waals surface area contributed by atoms with E-state index in [0.29, 0.717) is 30.7 Å². The summed E-state index contributed by atoms with van der Waals surface area (Å²) >= 11 is 1.62. The molecule has 7 nitrogen and oxygen atoms in total. The first-order valence-electron chi connectivity index (χ1n) is 14.2. The number of benzene rings is 2. The molecule has 41 heavy (non-hydrogen) atoms. The molecule has 2 unspecified atom stereocenters. The van der Waals surface area contributed by atoms with Crippen LogP contribution in [-0.4, -0.2) is 35.3 Å². The molecule has 1 aliphatic rings. The van der Waals surface area contributed by atoms with Gasteiger partial charge in [-0.15, -0.1) is 11.3 Å². The Morgan fingerprint density at radius 1 is 1.22 bits per heavy atom. The smallest absolute Gasteiger partial charge is 0.333 e. The molecular weight excluding hydrogens is 532 g/mol. The molecule has 212 valence electrons. The van der Waals surface area contributed by atoms with Gasteiger partial charge >= 0.3 is 5.97 Å². The summed E-state index contributed by atoms with van der Waals surface area (Å²) in [6.45, 7) is 10.3. The van der Waals surface area contributed by atoms with Crippen LogP contribution in [0.4, 0.5) is 5.69 Å². The first kappa shape index (κ1) is 28.5. The number of piperidine rings is 1. The summed E-state index contributed by atoms with van der Waals surface area (Å²) in [7, 11) is 0. The number of ether oxygens (including phenoxy) is 1. The standard InChI is InChI=1S/C33H36N4O3S/c1-4-6-17-28-23(3)20-29(41-28)32-35-30(36-40-32)22-37-19-18-24(5-2)27(21-37)39-33(38)31(25-13-9-7-10-14-25)34-26-15-11-8-12-16-26/h4,6-17,20,24,27,31,34H,1,5,18-19,21-22H2,2-3H3/p+1/b17-6-/t24?,27-,31+/m0/s1. The van der Waals surface area contributed by atoms with Gasteiger partial charge in [0, 0.05) is 22.9 Å². The van der Waals surface area contributed by atoms with Crippen LogP contribution in [0.25, 0.3) is 16.8 Å². The maximum absolute atomic E-state index is 13.7. The molecule has 5 rings (SSSR count). The van der Waals surface area contributed by atoms with E-state index < -0.39 is 6.04 Å². The average Bonchev–Trinajstić information content (AvgIpc) is 3.62. The zero-order valence-corrected chi connectivity index (χ0v) is 24.4. The van der Waals surface area contributed by atoms with Gasteiger partial charge < -0.3 is 19.5 Å². The topological polar surface area (TPSA) is 81.7 Å². The summed E-state index contributed by atoms with van der Waals surface area (Å²) < 4.78 is 11.9. The first-order chi connectivity index (χ1) is 20.0. The fourth-order valence-corrected chi connectivity index (χ4v) is 6.32. The maximum Gasteiger partial charge on any atom is 0.333 e. The van der Waals surface area contributed by atoms with E-state index >= 15 is 0 Å². The Balaban J connectivity index is 1.27. The number of allylic oxidation sites excluding steroid dienone is 2. The van der Waals surface area contributed by atoms with Crippen molar-refractivity contribution in [3.05, 3.63) is 107 Å². The number of hydrogen-bond donors (Lipinski definition) is 2. The van der Waals surface area contributed by atoms with Crippen molar-refractivity contribution in [2.45, 2.75) is 45.4 Å². The van der Waals surface area contributed by atoms with Crippen LogP contribution in [0.2, 0.25) is 0 Å². The van der Waals surface area contributed by atoms with Crippen molar-refractivity contribution in [3.8, 4) is 10.8 Å². The normalized spacial score (nSPS) is 19.6. The van der Waals surface area contributed by atoms with E-state index in [0.717, 1.165) is 46.0 Å². The van der Waals surface area contributed by atoms with Gasteiger partial charge in [0.2, 0.25) is 5.82 Å². The van der Waals surface area contributed by atoms with Gasteiger partial charge in [0.1, 0.15) is 13.1 Å². The number of quaternary nitrogens is 1. The number of aromatic nitrogens is 2. The van der Waals surface area contributed by atoms with E-state index in [9.17, 15) is 4.79 Å². The number of thiophene rings is 1. The molecular formula is C33H37N4O3S+. The Hall–Kier alpha value is -4.01. The zero-order chi connectivity index (χ0) is 28.6. The number of hydrogen-bond acceptors (Lipinski definition) is 7. The molecule has 2 aromatic carbocycles. The lowest BCUT2D eigenvalue weighted by atomic mass is 9.91. The summed E-state index contributed by atoms with van der Waals surface area (Å²) in [5.41, 5.74) is 2.91. The SMILES string of the molecule is C=C/C=C\c1sc(-c2nc(C[NH+]3CCC(CC)[C@@H](OC(=O)[C@H](Nc4ccccc4)c4ccccc4)C3)no2)cc1C. The van der Waals surface area contributed by atoms with Crippen molar-refractivity contribution < 1.29 is 19.0 Å². The highest BCUT2D eigenvalue weighted by atomic mass is 32.1. The molecule has 0 amide bonds. The molecule has 0 radical (unpaired) electrons. The summed E-state index contributed by atoms with van der Waals surface area (Å²) in [4.78, 5) is 21.7. The van der Waals surface area contributed by atoms with Crippen LogP contribution >= 0.6 is 11.3 Å². The molecule has 4 atom stereocenters. The van der Waals surface area contributed by atoms with Gasteiger partial charge in [-0.2, -0.15) is 4.98 Å². The number of rotatable bonds is 11.